The Morgan fingerprint density at radius 2 is 1.80 bits per heavy atom. The lowest BCUT2D eigenvalue weighted by Crippen LogP contribution is -2.43. The molecule has 8 nitrogen and oxygen atoms in total. The number of anilines is 1. The summed E-state index contributed by atoms with van der Waals surface area (Å²) in [5, 5.41) is 7.87. The fourth-order valence-corrected chi connectivity index (χ4v) is 6.24. The number of benzene rings is 3. The summed E-state index contributed by atoms with van der Waals surface area (Å²) in [5.74, 6) is 2.12. The number of aryl methyl sites for hydroxylation is 1. The van der Waals surface area contributed by atoms with E-state index in [-0.39, 0.29) is 36.2 Å². The van der Waals surface area contributed by atoms with Gasteiger partial charge in [-0.25, -0.2) is 4.68 Å². The van der Waals surface area contributed by atoms with Crippen LogP contribution in [0.5, 0.6) is 11.5 Å². The lowest BCUT2D eigenvalue weighted by molar-refractivity contribution is -0.123. The number of rotatable bonds is 7. The molecule has 41 heavy (non-hydrogen) atoms. The topological polar surface area (TPSA) is 85.7 Å². The summed E-state index contributed by atoms with van der Waals surface area (Å²) in [6, 6.07) is 23.9. The molecule has 0 bridgehead atoms. The van der Waals surface area contributed by atoms with E-state index in [0.717, 1.165) is 33.6 Å². The molecule has 4 aromatic rings. The van der Waals surface area contributed by atoms with Crippen LogP contribution in [0.4, 0.5) is 5.82 Å². The summed E-state index contributed by atoms with van der Waals surface area (Å²) < 4.78 is 13.1. The average molecular weight is 569 g/mol. The van der Waals surface area contributed by atoms with E-state index in [0.29, 0.717) is 29.8 Å². The Labute approximate surface area is 243 Å². The van der Waals surface area contributed by atoms with Crippen LogP contribution in [-0.4, -0.2) is 47.2 Å². The van der Waals surface area contributed by atoms with Crippen LogP contribution in [0.25, 0.3) is 16.9 Å². The Morgan fingerprint density at radius 3 is 2.56 bits per heavy atom. The summed E-state index contributed by atoms with van der Waals surface area (Å²) in [7, 11) is 0. The third-order valence-electron chi connectivity index (χ3n) is 7.12. The largest absolute Gasteiger partial charge is 0.454 e. The molecule has 210 valence electrons. The highest BCUT2D eigenvalue weighted by molar-refractivity contribution is 8.00. The number of fused-ring (bicyclic) bond motifs is 2. The Kier molecular flexibility index (Phi) is 7.45. The van der Waals surface area contributed by atoms with Crippen molar-refractivity contribution in [3.05, 3.63) is 89.5 Å². The van der Waals surface area contributed by atoms with Crippen molar-refractivity contribution < 1.29 is 19.1 Å². The SMILES string of the molecule is Cc1ccc(-n2nc(-c3ccccc3)c3c2N(CC(=O)NCC(C)C)C(=O)CS[C@@H]3c2ccc3c(c2)OCO3)cc1. The standard InChI is InChI=1S/C32H32N4O4S/c1-20(2)16-33-27(37)17-35-28(38)18-41-31(23-11-14-25-26(15-23)40-19-39-25)29-30(22-7-5-4-6-8-22)34-36(32(29)35)24-12-9-21(3)10-13-24/h4-15,20,31H,16-19H2,1-3H3,(H,33,37)/t31-/m1/s1. The minimum Gasteiger partial charge on any atom is -0.454 e. The number of carbonyl (C=O) groups excluding carboxylic acids is 2. The van der Waals surface area contributed by atoms with Gasteiger partial charge in [-0.05, 0) is 42.7 Å². The monoisotopic (exact) mass is 568 g/mol. The third-order valence-corrected chi connectivity index (χ3v) is 8.38. The molecular weight excluding hydrogens is 536 g/mol. The van der Waals surface area contributed by atoms with Gasteiger partial charge in [-0.3, -0.25) is 14.5 Å². The van der Waals surface area contributed by atoms with Crippen molar-refractivity contribution in [2.24, 2.45) is 5.92 Å². The maximum atomic E-state index is 13.8. The van der Waals surface area contributed by atoms with E-state index in [4.69, 9.17) is 14.6 Å². The number of hydrogen-bond acceptors (Lipinski definition) is 6. The molecule has 1 aromatic heterocycles. The van der Waals surface area contributed by atoms with Crippen molar-refractivity contribution in [1.29, 1.82) is 0 Å². The van der Waals surface area contributed by atoms with Crippen molar-refractivity contribution in [2.75, 3.05) is 30.5 Å². The van der Waals surface area contributed by atoms with Gasteiger partial charge in [0.25, 0.3) is 0 Å². The number of hydrogen-bond donors (Lipinski definition) is 1. The van der Waals surface area contributed by atoms with Crippen LogP contribution in [0, 0.1) is 12.8 Å². The molecule has 0 spiro atoms. The lowest BCUT2D eigenvalue weighted by atomic mass is 9.99. The van der Waals surface area contributed by atoms with E-state index in [1.165, 1.54) is 11.8 Å². The van der Waals surface area contributed by atoms with Gasteiger partial charge in [-0.2, -0.15) is 5.10 Å². The zero-order chi connectivity index (χ0) is 28.5. The molecule has 0 saturated heterocycles. The smallest absolute Gasteiger partial charge is 0.240 e. The van der Waals surface area contributed by atoms with E-state index >= 15 is 0 Å². The molecule has 2 aliphatic rings. The molecule has 3 aromatic carbocycles. The molecule has 1 atom stereocenters. The van der Waals surface area contributed by atoms with Gasteiger partial charge in [-0.1, -0.05) is 67.9 Å². The maximum Gasteiger partial charge on any atom is 0.240 e. The minimum atomic E-state index is -0.249. The minimum absolute atomic E-state index is 0.0985. The highest BCUT2D eigenvalue weighted by Crippen LogP contribution is 2.50. The predicted molar refractivity (Wildman–Crippen MR) is 161 cm³/mol. The van der Waals surface area contributed by atoms with E-state index in [9.17, 15) is 9.59 Å². The first-order valence-corrected chi connectivity index (χ1v) is 14.8. The van der Waals surface area contributed by atoms with Gasteiger partial charge in [0.1, 0.15) is 12.4 Å². The van der Waals surface area contributed by atoms with Gasteiger partial charge in [0.05, 0.1) is 22.4 Å². The molecule has 3 heterocycles. The van der Waals surface area contributed by atoms with Gasteiger partial charge >= 0.3 is 0 Å². The number of ether oxygens (including phenoxy) is 2. The molecule has 1 N–H and O–H groups in total. The number of nitrogens with zero attached hydrogens (tertiary/aromatic N) is 3. The Bertz CT molecular complexity index is 1580. The van der Waals surface area contributed by atoms with Gasteiger partial charge in [0, 0.05) is 17.7 Å². The maximum absolute atomic E-state index is 13.8. The number of aromatic nitrogens is 2. The van der Waals surface area contributed by atoms with Crippen LogP contribution in [0.2, 0.25) is 0 Å². The predicted octanol–water partition coefficient (Wildman–Crippen LogP) is 5.52. The van der Waals surface area contributed by atoms with E-state index < -0.39 is 0 Å². The van der Waals surface area contributed by atoms with E-state index in [1.54, 1.807) is 4.90 Å². The van der Waals surface area contributed by atoms with E-state index in [2.05, 4.69) is 5.32 Å². The molecule has 6 rings (SSSR count). The molecular formula is C32H32N4O4S. The first-order valence-electron chi connectivity index (χ1n) is 13.7. The first kappa shape index (κ1) is 27.0. The van der Waals surface area contributed by atoms with Crippen molar-refractivity contribution in [3.8, 4) is 28.4 Å². The van der Waals surface area contributed by atoms with Gasteiger partial charge in [0.2, 0.25) is 18.6 Å². The highest BCUT2D eigenvalue weighted by Gasteiger charge is 2.38. The molecule has 2 aliphatic heterocycles. The Hall–Kier alpha value is -4.24. The second kappa shape index (κ2) is 11.3. The average Bonchev–Trinajstić information content (AvgIpc) is 3.57. The number of nitrogens with one attached hydrogen (secondary N) is 1. The van der Waals surface area contributed by atoms with Gasteiger partial charge < -0.3 is 14.8 Å². The Morgan fingerprint density at radius 1 is 1.05 bits per heavy atom. The van der Waals surface area contributed by atoms with Crippen LogP contribution in [-0.2, 0) is 9.59 Å². The van der Waals surface area contributed by atoms with Crippen LogP contribution in [0.3, 0.4) is 0 Å². The quantitative estimate of drug-likeness (QED) is 0.316. The normalized spacial score (nSPS) is 16.0. The lowest BCUT2D eigenvalue weighted by Gasteiger charge is -2.23. The molecule has 0 fully saturated rings. The molecule has 0 aliphatic carbocycles. The molecule has 9 heteroatoms. The number of amides is 2. The fraction of sp³-hybridized carbons (Fsp3) is 0.281. The molecule has 0 radical (unpaired) electrons. The fourth-order valence-electron chi connectivity index (χ4n) is 5.05. The summed E-state index contributed by atoms with van der Waals surface area (Å²) in [5.41, 5.74) is 5.47. The summed E-state index contributed by atoms with van der Waals surface area (Å²) in [6.45, 7) is 6.74. The Balaban J connectivity index is 1.57. The third kappa shape index (κ3) is 5.41. The zero-order valence-electron chi connectivity index (χ0n) is 23.3. The number of carbonyl (C=O) groups is 2. The van der Waals surface area contributed by atoms with Crippen LogP contribution in [0.15, 0.2) is 72.8 Å². The molecule has 0 unspecified atom stereocenters. The zero-order valence-corrected chi connectivity index (χ0v) is 24.1. The van der Waals surface area contributed by atoms with Gasteiger partial charge in [-0.15, -0.1) is 11.8 Å². The molecule has 0 saturated carbocycles. The number of thioether (sulfide) groups is 1. The van der Waals surface area contributed by atoms with Crippen LogP contribution >= 0.6 is 11.8 Å². The van der Waals surface area contributed by atoms with Crippen molar-refractivity contribution in [1.82, 2.24) is 15.1 Å². The van der Waals surface area contributed by atoms with Crippen molar-refractivity contribution in [2.45, 2.75) is 26.0 Å². The van der Waals surface area contributed by atoms with Crippen LogP contribution < -0.4 is 19.7 Å². The summed E-state index contributed by atoms with van der Waals surface area (Å²) in [6.07, 6.45) is 0. The van der Waals surface area contributed by atoms with Crippen LogP contribution in [0.1, 0.15) is 35.8 Å². The second-order valence-electron chi connectivity index (χ2n) is 10.7. The summed E-state index contributed by atoms with van der Waals surface area (Å²) in [4.78, 5) is 28.6. The second-order valence-corrected chi connectivity index (χ2v) is 11.8. The summed E-state index contributed by atoms with van der Waals surface area (Å²) >= 11 is 1.53. The highest BCUT2D eigenvalue weighted by atomic mass is 32.2. The van der Waals surface area contributed by atoms with Crippen molar-refractivity contribution >= 4 is 29.4 Å². The van der Waals surface area contributed by atoms with Gasteiger partial charge in [0.15, 0.2) is 11.5 Å². The first-order chi connectivity index (χ1) is 19.9. The molecule has 2 amide bonds. The van der Waals surface area contributed by atoms with Crippen molar-refractivity contribution in [3.63, 3.8) is 0 Å². The van der Waals surface area contributed by atoms with E-state index in [1.807, 2.05) is 98.2 Å².